The second kappa shape index (κ2) is 5.50. The van der Waals surface area contributed by atoms with Crippen LogP contribution in [0.5, 0.6) is 0 Å². The van der Waals surface area contributed by atoms with Crippen LogP contribution in [0.2, 0.25) is 0 Å². The summed E-state index contributed by atoms with van der Waals surface area (Å²) in [6.45, 7) is 0.523. The van der Waals surface area contributed by atoms with Crippen molar-refractivity contribution in [3.8, 4) is 0 Å². The highest BCUT2D eigenvalue weighted by molar-refractivity contribution is 9.09. The summed E-state index contributed by atoms with van der Waals surface area (Å²) in [6, 6.07) is 0. The van der Waals surface area contributed by atoms with E-state index in [9.17, 15) is 13.2 Å². The Morgan fingerprint density at radius 2 is 2.00 bits per heavy atom. The molecule has 1 amide bonds. The normalized spacial score (nSPS) is 11.2. The van der Waals surface area contributed by atoms with Crippen molar-refractivity contribution in [2.45, 2.75) is 0 Å². The molecule has 0 aromatic carbocycles. The number of hydrogen-bond donors (Lipinski definition) is 2. The fourth-order valence-electron chi connectivity index (χ4n) is 0.486. The van der Waals surface area contributed by atoms with Crippen molar-refractivity contribution in [2.24, 2.45) is 0 Å². The molecule has 0 bridgehead atoms. The molecule has 2 N–H and O–H groups in total. The van der Waals surface area contributed by atoms with Crippen molar-refractivity contribution in [2.75, 3.05) is 24.7 Å². The third-order valence-electron chi connectivity index (χ3n) is 0.933. The molecule has 12 heavy (non-hydrogen) atoms. The van der Waals surface area contributed by atoms with Crippen LogP contribution < -0.4 is 10.0 Å². The first kappa shape index (κ1) is 11.9. The van der Waals surface area contributed by atoms with Crippen molar-refractivity contribution in [1.29, 1.82) is 0 Å². The minimum atomic E-state index is -3.14. The average Bonchev–Trinajstić information content (AvgIpc) is 1.96. The predicted molar refractivity (Wildman–Crippen MR) is 49.7 cm³/mol. The number of halogens is 1. The molecule has 72 valence electrons. The van der Waals surface area contributed by atoms with E-state index in [0.717, 1.165) is 6.26 Å². The van der Waals surface area contributed by atoms with Crippen LogP contribution in [0.4, 0.5) is 0 Å². The van der Waals surface area contributed by atoms with E-state index in [1.54, 1.807) is 0 Å². The molecule has 0 atom stereocenters. The van der Waals surface area contributed by atoms with Crippen LogP contribution in [0.1, 0.15) is 0 Å². The number of nitrogens with one attached hydrogen (secondary N) is 2. The second-order valence-corrected chi connectivity index (χ2v) is 4.54. The van der Waals surface area contributed by atoms with Gasteiger partial charge >= 0.3 is 0 Å². The zero-order valence-corrected chi connectivity index (χ0v) is 9.03. The summed E-state index contributed by atoms with van der Waals surface area (Å²) >= 11 is 2.96. The van der Waals surface area contributed by atoms with Crippen LogP contribution >= 0.6 is 15.9 Å². The van der Waals surface area contributed by atoms with Gasteiger partial charge in [-0.25, -0.2) is 13.1 Å². The van der Waals surface area contributed by atoms with Crippen LogP contribution in [-0.4, -0.2) is 39.0 Å². The molecule has 0 aromatic rings. The molecule has 7 heteroatoms. The van der Waals surface area contributed by atoms with Gasteiger partial charge in [-0.15, -0.1) is 0 Å². The van der Waals surface area contributed by atoms with Gasteiger partial charge in [-0.05, 0) is 0 Å². The number of carbonyl (C=O) groups excluding carboxylic acids is 1. The lowest BCUT2D eigenvalue weighted by Gasteiger charge is -2.02. The molecular formula is C5H11BrN2O3S. The van der Waals surface area contributed by atoms with Crippen molar-refractivity contribution >= 4 is 31.9 Å². The Morgan fingerprint density at radius 3 is 2.42 bits per heavy atom. The molecule has 5 nitrogen and oxygen atoms in total. The molecule has 0 spiro atoms. The molecule has 0 aromatic heterocycles. The molecule has 0 heterocycles. The number of hydrogen-bond acceptors (Lipinski definition) is 3. The van der Waals surface area contributed by atoms with Crippen LogP contribution in [0.3, 0.4) is 0 Å². The largest absolute Gasteiger partial charge is 0.354 e. The van der Waals surface area contributed by atoms with E-state index in [-0.39, 0.29) is 17.8 Å². The van der Waals surface area contributed by atoms with Gasteiger partial charge in [-0.3, -0.25) is 4.79 Å². The quantitative estimate of drug-likeness (QED) is 0.493. The topological polar surface area (TPSA) is 75.3 Å². The van der Waals surface area contributed by atoms with Crippen molar-refractivity contribution in [3.05, 3.63) is 0 Å². The van der Waals surface area contributed by atoms with Gasteiger partial charge in [0.05, 0.1) is 11.6 Å². The Balaban J connectivity index is 3.40. The van der Waals surface area contributed by atoms with Crippen molar-refractivity contribution in [1.82, 2.24) is 10.0 Å². The minimum Gasteiger partial charge on any atom is -0.354 e. The number of rotatable bonds is 5. The van der Waals surface area contributed by atoms with Gasteiger partial charge in [-0.1, -0.05) is 15.9 Å². The fraction of sp³-hybridized carbons (Fsp3) is 0.800. The molecule has 0 fully saturated rings. The number of sulfonamides is 1. The maximum absolute atomic E-state index is 10.6. The highest BCUT2D eigenvalue weighted by Gasteiger charge is 2.00. The van der Waals surface area contributed by atoms with E-state index in [0.29, 0.717) is 6.54 Å². The Kier molecular flexibility index (Phi) is 5.43. The Morgan fingerprint density at radius 1 is 1.42 bits per heavy atom. The summed E-state index contributed by atoms with van der Waals surface area (Å²) in [7, 11) is -3.14. The zero-order valence-electron chi connectivity index (χ0n) is 6.63. The van der Waals surface area contributed by atoms with Crippen LogP contribution in [0.15, 0.2) is 0 Å². The minimum absolute atomic E-state index is 0.162. The maximum atomic E-state index is 10.6. The van der Waals surface area contributed by atoms with Crippen LogP contribution in [0, 0.1) is 0 Å². The van der Waals surface area contributed by atoms with E-state index in [1.165, 1.54) is 0 Å². The van der Waals surface area contributed by atoms with Crippen molar-refractivity contribution < 1.29 is 13.2 Å². The van der Waals surface area contributed by atoms with Gasteiger partial charge in [0, 0.05) is 13.1 Å². The summed E-state index contributed by atoms with van der Waals surface area (Å²) in [6.07, 6.45) is 1.07. The lowest BCUT2D eigenvalue weighted by molar-refractivity contribution is -0.118. The highest BCUT2D eigenvalue weighted by atomic mass is 79.9. The number of carbonyl (C=O) groups is 1. The maximum Gasteiger partial charge on any atom is 0.230 e. The standard InChI is InChI=1S/C5H11BrN2O3S/c1-12(10,11)8-3-2-7-5(9)4-6/h8H,2-4H2,1H3,(H,7,9). The molecule has 0 radical (unpaired) electrons. The fourth-order valence-corrected chi connectivity index (χ4v) is 1.16. The molecule has 0 aliphatic carbocycles. The lowest BCUT2D eigenvalue weighted by Crippen LogP contribution is -2.34. The summed E-state index contributed by atoms with van der Waals surface area (Å²) in [4.78, 5) is 10.6. The van der Waals surface area contributed by atoms with E-state index < -0.39 is 10.0 Å². The smallest absolute Gasteiger partial charge is 0.230 e. The number of amides is 1. The first-order valence-corrected chi connectivity index (χ1v) is 6.24. The lowest BCUT2D eigenvalue weighted by atomic mass is 10.6. The second-order valence-electron chi connectivity index (χ2n) is 2.15. The van der Waals surface area contributed by atoms with Crippen molar-refractivity contribution in [3.63, 3.8) is 0 Å². The number of alkyl halides is 1. The van der Waals surface area contributed by atoms with E-state index >= 15 is 0 Å². The Hall–Kier alpha value is -0.140. The summed E-state index contributed by atoms with van der Waals surface area (Å²) < 4.78 is 23.3. The molecule has 0 aliphatic heterocycles. The molecule has 0 saturated heterocycles. The van der Waals surface area contributed by atoms with Gasteiger partial charge < -0.3 is 5.32 Å². The highest BCUT2D eigenvalue weighted by Crippen LogP contribution is 1.77. The molecule has 0 aliphatic rings. The van der Waals surface area contributed by atoms with Gasteiger partial charge in [-0.2, -0.15) is 0 Å². The van der Waals surface area contributed by atoms with E-state index in [1.807, 2.05) is 0 Å². The zero-order chi connectivity index (χ0) is 9.61. The molecular weight excluding hydrogens is 248 g/mol. The predicted octanol–water partition coefficient (Wildman–Crippen LogP) is -0.953. The van der Waals surface area contributed by atoms with Crippen LogP contribution in [0.25, 0.3) is 0 Å². The third kappa shape index (κ3) is 7.96. The molecule has 0 rings (SSSR count). The van der Waals surface area contributed by atoms with Gasteiger partial charge in [0.2, 0.25) is 15.9 Å². The van der Waals surface area contributed by atoms with Gasteiger partial charge in [0.25, 0.3) is 0 Å². The molecule has 0 saturated carbocycles. The first-order chi connectivity index (χ1) is 5.45. The first-order valence-electron chi connectivity index (χ1n) is 3.23. The van der Waals surface area contributed by atoms with E-state index in [4.69, 9.17) is 0 Å². The SMILES string of the molecule is CS(=O)(=O)NCCNC(=O)CBr. The Labute approximate surface area is 80.1 Å². The van der Waals surface area contributed by atoms with Gasteiger partial charge in [0.15, 0.2) is 0 Å². The summed E-state index contributed by atoms with van der Waals surface area (Å²) in [5.74, 6) is -0.162. The Bertz CT molecular complexity index is 239. The van der Waals surface area contributed by atoms with E-state index in [2.05, 4.69) is 26.0 Å². The summed E-state index contributed by atoms with van der Waals surface area (Å²) in [5, 5.41) is 2.72. The summed E-state index contributed by atoms with van der Waals surface area (Å²) in [5.41, 5.74) is 0. The van der Waals surface area contributed by atoms with Crippen LogP contribution in [-0.2, 0) is 14.8 Å². The monoisotopic (exact) mass is 258 g/mol. The average molecular weight is 259 g/mol. The third-order valence-corrected chi connectivity index (χ3v) is 2.17. The molecule has 0 unspecified atom stereocenters. The van der Waals surface area contributed by atoms with Gasteiger partial charge in [0.1, 0.15) is 0 Å².